The fraction of sp³-hybridized carbons (Fsp3) is 0. The number of carbonyl (C=O) groups excluding carboxylic acids is 1. The van der Waals surface area contributed by atoms with E-state index in [0.29, 0.717) is 5.52 Å². The van der Waals surface area contributed by atoms with Crippen LogP contribution in [0.15, 0.2) is 30.5 Å². The Morgan fingerprint density at radius 2 is 1.81 bits per heavy atom. The highest BCUT2D eigenvalue weighted by Crippen LogP contribution is 2.10. The van der Waals surface area contributed by atoms with Crippen LogP contribution in [0.1, 0.15) is 0 Å². The number of rotatable bonds is 1. The molecule has 0 aliphatic heterocycles. The molecule has 0 fully saturated rings. The van der Waals surface area contributed by atoms with Crippen LogP contribution < -0.4 is 0 Å². The maximum atomic E-state index is 9.00. The zero-order valence-corrected chi connectivity index (χ0v) is 8.07. The number of carboxylic acid groups (broad SMARTS) is 1. The van der Waals surface area contributed by atoms with Crippen molar-refractivity contribution in [2.75, 3.05) is 0 Å². The number of aromatic nitrogens is 2. The standard InChI is InChI=1S/C8H6N2O.C2H2O3/c11-8-5-9-6-3-1-2-4-7(6)10-8;3-1-2(4)5/h1-5H,(H,10,11);1H,(H,4,5). The van der Waals surface area contributed by atoms with Gasteiger partial charge in [-0.2, -0.15) is 0 Å². The predicted molar refractivity (Wildman–Crippen MR) is 54.9 cm³/mol. The van der Waals surface area contributed by atoms with Crippen LogP contribution in [0.25, 0.3) is 11.0 Å². The van der Waals surface area contributed by atoms with Crippen molar-refractivity contribution in [3.8, 4) is 5.88 Å². The van der Waals surface area contributed by atoms with Gasteiger partial charge in [-0.15, -0.1) is 0 Å². The normalized spacial score (nSPS) is 9.00. The molecule has 2 N–H and O–H groups in total. The average Bonchev–Trinajstić information content (AvgIpc) is 2.29. The van der Waals surface area contributed by atoms with Crippen LogP contribution in [0, 0.1) is 0 Å². The summed E-state index contributed by atoms with van der Waals surface area (Å²) in [6, 6.07) is 7.40. The van der Waals surface area contributed by atoms with Gasteiger partial charge in [-0.3, -0.25) is 4.79 Å². The molecule has 0 aliphatic carbocycles. The summed E-state index contributed by atoms with van der Waals surface area (Å²) in [5, 5.41) is 16.3. The number of para-hydroxylation sites is 2. The highest BCUT2D eigenvalue weighted by Gasteiger charge is 1.94. The number of hydrogen-bond acceptors (Lipinski definition) is 5. The summed E-state index contributed by atoms with van der Waals surface area (Å²) in [5.41, 5.74) is 1.51. The fourth-order valence-electron chi connectivity index (χ4n) is 0.947. The Balaban J connectivity index is 0.000000221. The third-order valence-electron chi connectivity index (χ3n) is 1.54. The van der Waals surface area contributed by atoms with E-state index in [9.17, 15) is 0 Å². The van der Waals surface area contributed by atoms with Crippen LogP contribution in [0.4, 0.5) is 0 Å². The van der Waals surface area contributed by atoms with Gasteiger partial charge in [0.1, 0.15) is 0 Å². The molecule has 2 rings (SSSR count). The SMILES string of the molecule is O=CC(=O)O.Oc1cnc2ccccc2n1. The molecule has 1 heterocycles. The zero-order chi connectivity index (χ0) is 12.0. The lowest BCUT2D eigenvalue weighted by molar-refractivity contribution is -0.143. The van der Waals surface area contributed by atoms with E-state index in [0.717, 1.165) is 5.52 Å². The minimum atomic E-state index is -1.43. The Hall–Kier alpha value is -2.50. The number of aliphatic carboxylic acids is 1. The first-order valence-corrected chi connectivity index (χ1v) is 4.22. The Bertz CT molecular complexity index is 513. The maximum Gasteiger partial charge on any atom is 0.368 e. The van der Waals surface area contributed by atoms with Crippen LogP contribution in [0.3, 0.4) is 0 Å². The molecule has 0 saturated carbocycles. The van der Waals surface area contributed by atoms with Gasteiger partial charge in [-0.05, 0) is 12.1 Å². The highest BCUT2D eigenvalue weighted by atomic mass is 16.4. The molecule has 0 amide bonds. The molecule has 0 aliphatic rings. The molecule has 0 saturated heterocycles. The zero-order valence-electron chi connectivity index (χ0n) is 8.07. The second-order valence-corrected chi connectivity index (χ2v) is 2.67. The van der Waals surface area contributed by atoms with Crippen molar-refractivity contribution in [3.63, 3.8) is 0 Å². The molecular weight excluding hydrogens is 212 g/mol. The monoisotopic (exact) mass is 220 g/mol. The van der Waals surface area contributed by atoms with E-state index in [1.54, 1.807) is 0 Å². The van der Waals surface area contributed by atoms with Gasteiger partial charge < -0.3 is 10.2 Å². The van der Waals surface area contributed by atoms with Crippen LogP contribution in [0.2, 0.25) is 0 Å². The predicted octanol–water partition coefficient (Wildman–Crippen LogP) is 0.605. The van der Waals surface area contributed by atoms with E-state index in [1.807, 2.05) is 24.3 Å². The van der Waals surface area contributed by atoms with Gasteiger partial charge in [0, 0.05) is 0 Å². The lowest BCUT2D eigenvalue weighted by Crippen LogP contribution is -1.91. The molecule has 16 heavy (non-hydrogen) atoms. The van der Waals surface area contributed by atoms with Crippen molar-refractivity contribution in [2.24, 2.45) is 0 Å². The van der Waals surface area contributed by atoms with E-state index < -0.39 is 5.97 Å². The van der Waals surface area contributed by atoms with Gasteiger partial charge in [0.05, 0.1) is 17.2 Å². The van der Waals surface area contributed by atoms with Crippen LogP contribution in [0.5, 0.6) is 5.88 Å². The van der Waals surface area contributed by atoms with Crippen LogP contribution in [-0.2, 0) is 9.59 Å². The Morgan fingerprint density at radius 3 is 2.38 bits per heavy atom. The molecular formula is C10H8N2O4. The topological polar surface area (TPSA) is 100 Å². The number of aldehydes is 1. The van der Waals surface area contributed by atoms with Crippen molar-refractivity contribution < 1.29 is 19.8 Å². The summed E-state index contributed by atoms with van der Waals surface area (Å²) in [6.07, 6.45) is 1.17. The van der Waals surface area contributed by atoms with E-state index in [2.05, 4.69) is 9.97 Å². The van der Waals surface area contributed by atoms with Crippen molar-refractivity contribution in [1.82, 2.24) is 9.97 Å². The smallest absolute Gasteiger partial charge is 0.368 e. The molecule has 82 valence electrons. The second kappa shape index (κ2) is 5.40. The summed E-state index contributed by atoms with van der Waals surface area (Å²) in [7, 11) is 0. The van der Waals surface area contributed by atoms with E-state index in [-0.39, 0.29) is 12.2 Å². The highest BCUT2D eigenvalue weighted by molar-refractivity contribution is 6.19. The van der Waals surface area contributed by atoms with Gasteiger partial charge in [0.15, 0.2) is 0 Å². The lowest BCUT2D eigenvalue weighted by atomic mass is 10.3. The summed E-state index contributed by atoms with van der Waals surface area (Å²) in [5.74, 6) is -1.46. The van der Waals surface area contributed by atoms with Crippen LogP contribution >= 0.6 is 0 Å². The van der Waals surface area contributed by atoms with E-state index in [1.165, 1.54) is 6.20 Å². The number of aromatic hydroxyl groups is 1. The molecule has 2 aromatic rings. The number of fused-ring (bicyclic) bond motifs is 1. The largest absolute Gasteiger partial charge is 0.492 e. The number of carboxylic acids is 1. The van der Waals surface area contributed by atoms with Crippen molar-refractivity contribution >= 4 is 23.3 Å². The maximum absolute atomic E-state index is 9.00. The summed E-state index contributed by atoms with van der Waals surface area (Å²) in [6.45, 7) is 0. The van der Waals surface area contributed by atoms with Crippen LogP contribution in [-0.4, -0.2) is 32.4 Å². The molecule has 6 nitrogen and oxygen atoms in total. The summed E-state index contributed by atoms with van der Waals surface area (Å²) in [4.78, 5) is 25.7. The molecule has 0 atom stereocenters. The molecule has 0 bridgehead atoms. The second-order valence-electron chi connectivity index (χ2n) is 2.67. The molecule has 0 unspecified atom stereocenters. The van der Waals surface area contributed by atoms with E-state index >= 15 is 0 Å². The van der Waals surface area contributed by atoms with Gasteiger partial charge in [-0.1, -0.05) is 12.1 Å². The van der Waals surface area contributed by atoms with E-state index in [4.69, 9.17) is 19.8 Å². The number of benzene rings is 1. The lowest BCUT2D eigenvalue weighted by Gasteiger charge is -1.94. The first kappa shape index (κ1) is 11.6. The Kier molecular flexibility index (Phi) is 3.90. The first-order valence-electron chi connectivity index (χ1n) is 4.22. The third-order valence-corrected chi connectivity index (χ3v) is 1.54. The summed E-state index contributed by atoms with van der Waals surface area (Å²) < 4.78 is 0. The average molecular weight is 220 g/mol. The van der Waals surface area contributed by atoms with Crippen molar-refractivity contribution in [1.29, 1.82) is 0 Å². The third kappa shape index (κ3) is 3.33. The minimum absolute atomic E-state index is 0.0382. The Labute approximate surface area is 90.2 Å². The minimum Gasteiger partial charge on any atom is -0.492 e. The summed E-state index contributed by atoms with van der Waals surface area (Å²) >= 11 is 0. The number of nitrogens with zero attached hydrogens (tertiary/aromatic N) is 2. The molecule has 0 spiro atoms. The number of carbonyl (C=O) groups is 2. The quantitative estimate of drug-likeness (QED) is 0.539. The van der Waals surface area contributed by atoms with Gasteiger partial charge in [-0.25, -0.2) is 14.8 Å². The molecule has 0 radical (unpaired) electrons. The van der Waals surface area contributed by atoms with Gasteiger partial charge in [0.2, 0.25) is 12.2 Å². The fourth-order valence-corrected chi connectivity index (χ4v) is 0.947. The van der Waals surface area contributed by atoms with Crippen molar-refractivity contribution in [2.45, 2.75) is 0 Å². The van der Waals surface area contributed by atoms with Crippen molar-refractivity contribution in [3.05, 3.63) is 30.5 Å². The number of hydrogen-bond donors (Lipinski definition) is 2. The molecule has 1 aromatic heterocycles. The molecule has 1 aromatic carbocycles. The van der Waals surface area contributed by atoms with Gasteiger partial charge >= 0.3 is 5.97 Å². The Morgan fingerprint density at radius 1 is 1.25 bits per heavy atom. The first-order chi connectivity index (χ1) is 7.63. The van der Waals surface area contributed by atoms with Gasteiger partial charge in [0.25, 0.3) is 0 Å². The molecule has 6 heteroatoms.